The molecule has 9 heavy (non-hydrogen) atoms. The van der Waals surface area contributed by atoms with Crippen LogP contribution in [-0.2, 0) is 19.3 Å². The van der Waals surface area contributed by atoms with Crippen LogP contribution in [0.2, 0.25) is 0 Å². The fourth-order valence-corrected chi connectivity index (χ4v) is 0. The summed E-state index contributed by atoms with van der Waals surface area (Å²) in [5, 5.41) is 0. The Labute approximate surface area is 143 Å². The largest absolute Gasteiger partial charge is 1.00 e. The molecule has 0 spiro atoms. The van der Waals surface area contributed by atoms with Crippen LogP contribution in [-0.4, -0.2) is 21.7 Å². The molecular formula is H3K2O5S2-. The van der Waals surface area contributed by atoms with E-state index in [1.165, 1.54) is 0 Å². The Morgan fingerprint density at radius 3 is 1.56 bits per heavy atom. The normalized spacial score (nSPS) is 12.7. The van der Waals surface area contributed by atoms with E-state index in [9.17, 15) is 17.2 Å². The second kappa shape index (κ2) is 7.92. The molecule has 0 heterocycles. The Morgan fingerprint density at radius 2 is 1.56 bits per heavy atom. The van der Waals surface area contributed by atoms with Gasteiger partial charge in [0.25, 0.3) is 0 Å². The van der Waals surface area contributed by atoms with Gasteiger partial charge < -0.3 is 7.41 Å². The minimum absolute atomic E-state index is 0. The van der Waals surface area contributed by atoms with Gasteiger partial charge in [-0.1, -0.05) is 0 Å². The third-order valence-electron chi connectivity index (χ3n) is 0.172. The molecule has 1 N–H and O–H groups in total. The monoisotopic (exact) mass is 225 g/mol. The summed E-state index contributed by atoms with van der Waals surface area (Å²) in [6, 6.07) is 0. The van der Waals surface area contributed by atoms with Gasteiger partial charge >= 0.3 is 112 Å². The summed E-state index contributed by atoms with van der Waals surface area (Å²) in [6.45, 7) is 0. The van der Waals surface area contributed by atoms with E-state index in [0.717, 1.165) is 0 Å². The van der Waals surface area contributed by atoms with Crippen LogP contribution in [0.25, 0.3) is 0 Å². The quantitative estimate of drug-likeness (QED) is 0.207. The fraction of sp³-hybridized carbons (Fsp3) is 0. The Morgan fingerprint density at radius 1 is 1.44 bits per heavy atom. The van der Waals surface area contributed by atoms with E-state index in [0.29, 0.717) is 0 Å². The zero-order valence-corrected chi connectivity index (χ0v) is 12.8. The van der Waals surface area contributed by atoms with E-state index >= 15 is 0 Å². The molecule has 1 atom stereocenters. The van der Waals surface area contributed by atoms with Crippen LogP contribution < -0.4 is 103 Å². The molecule has 0 aromatic rings. The van der Waals surface area contributed by atoms with Crippen molar-refractivity contribution in [3.05, 3.63) is 0 Å². The Kier molecular flexibility index (Phi) is 16.0. The first-order valence-corrected chi connectivity index (χ1v) is 4.05. The van der Waals surface area contributed by atoms with Crippen LogP contribution in [0, 0.1) is 0 Å². The molecule has 0 saturated carbocycles. The standard InChI is InChI=1S/2K.H2O5S2.2H/c;;1-6(2)7(3,4)5;;/h;;(H,1,2)(H,3,4,5);;/q2*+1;;2*-1/p-1. The van der Waals surface area contributed by atoms with E-state index in [1.54, 1.807) is 0 Å². The molecule has 1 unspecified atom stereocenters. The summed E-state index contributed by atoms with van der Waals surface area (Å²) in [5.41, 5.74) is 0. The van der Waals surface area contributed by atoms with E-state index in [1.807, 2.05) is 0 Å². The van der Waals surface area contributed by atoms with Crippen molar-refractivity contribution in [1.82, 2.24) is 0 Å². The summed E-state index contributed by atoms with van der Waals surface area (Å²) >= 11 is 0. The molecule has 0 aliphatic heterocycles. The molecule has 48 valence electrons. The second-order valence-corrected chi connectivity index (χ2v) is 3.98. The molecule has 0 fully saturated rings. The maximum absolute atomic E-state index is 9.27. The molecule has 0 saturated heterocycles. The molecule has 0 aromatic heterocycles. The van der Waals surface area contributed by atoms with Crippen molar-refractivity contribution in [3.8, 4) is 0 Å². The summed E-state index contributed by atoms with van der Waals surface area (Å²) in [6.07, 6.45) is 0. The molecular weight excluding hydrogens is 222 g/mol. The van der Waals surface area contributed by atoms with Gasteiger partial charge in [0.05, 0.1) is 10.1 Å². The SMILES string of the molecule is O=S([O-])S(=O)(=O)O.[H-].[H-].[K+].[K+]. The fourth-order valence-electron chi connectivity index (χ4n) is 0. The van der Waals surface area contributed by atoms with Crippen LogP contribution >= 0.6 is 0 Å². The average molecular weight is 225 g/mol. The van der Waals surface area contributed by atoms with Gasteiger partial charge in [-0.2, -0.15) is 8.42 Å². The zero-order chi connectivity index (χ0) is 6.08. The molecule has 0 rings (SSSR count). The van der Waals surface area contributed by atoms with Gasteiger partial charge in [0, 0.05) is 0 Å². The van der Waals surface area contributed by atoms with Crippen LogP contribution in [0.4, 0.5) is 0 Å². The first-order valence-electron chi connectivity index (χ1n) is 1.02. The molecule has 0 aliphatic carbocycles. The Balaban J connectivity index is -0.0000000300. The van der Waals surface area contributed by atoms with Gasteiger partial charge in [-0.25, -0.2) is 0 Å². The maximum atomic E-state index is 9.27. The summed E-state index contributed by atoms with van der Waals surface area (Å²) in [4.78, 5) is 0. The van der Waals surface area contributed by atoms with E-state index in [-0.39, 0.29) is 106 Å². The predicted octanol–water partition coefficient (Wildman–Crippen LogP) is -7.10. The molecule has 0 amide bonds. The van der Waals surface area contributed by atoms with Crippen LogP contribution in [0.3, 0.4) is 0 Å². The van der Waals surface area contributed by atoms with Crippen LogP contribution in [0.15, 0.2) is 0 Å². The van der Waals surface area contributed by atoms with Crippen molar-refractivity contribution in [1.29, 1.82) is 0 Å². The van der Waals surface area contributed by atoms with Crippen molar-refractivity contribution >= 4 is 19.3 Å². The first-order chi connectivity index (χ1) is 2.94. The number of hydrogen-bond acceptors (Lipinski definition) is 4. The van der Waals surface area contributed by atoms with Gasteiger partial charge in [0.2, 0.25) is 0 Å². The molecule has 5 nitrogen and oxygen atoms in total. The molecule has 0 radical (unpaired) electrons. The second-order valence-electron chi connectivity index (χ2n) is 0.632. The van der Waals surface area contributed by atoms with Gasteiger partial charge in [0.15, 0.2) is 0 Å². The number of hydrogen-bond donors (Lipinski definition) is 1. The van der Waals surface area contributed by atoms with Crippen LogP contribution in [0.1, 0.15) is 2.85 Å². The van der Waals surface area contributed by atoms with Gasteiger partial charge in [-0.05, 0) is 0 Å². The Hall–Kier alpha value is 3.29. The van der Waals surface area contributed by atoms with Crippen LogP contribution in [0.5, 0.6) is 0 Å². The summed E-state index contributed by atoms with van der Waals surface area (Å²) < 4.78 is 44.4. The van der Waals surface area contributed by atoms with Gasteiger partial charge in [-0.3, -0.25) is 8.76 Å². The topological polar surface area (TPSA) is 94.5 Å². The van der Waals surface area contributed by atoms with Crippen molar-refractivity contribution < 1.29 is 127 Å². The summed E-state index contributed by atoms with van der Waals surface area (Å²) in [7, 11) is -8.23. The minimum atomic E-state index is -4.82. The van der Waals surface area contributed by atoms with E-state index in [2.05, 4.69) is 0 Å². The maximum Gasteiger partial charge on any atom is 1.00 e. The van der Waals surface area contributed by atoms with Crippen molar-refractivity contribution in [3.63, 3.8) is 0 Å². The zero-order valence-electron chi connectivity index (χ0n) is 6.90. The first kappa shape index (κ1) is 18.2. The third-order valence-corrected chi connectivity index (χ3v) is 1.55. The third kappa shape index (κ3) is 11.3. The molecule has 0 aromatic carbocycles. The van der Waals surface area contributed by atoms with Crippen molar-refractivity contribution in [2.75, 3.05) is 0 Å². The molecule has 0 bridgehead atoms. The molecule has 0 aliphatic rings. The van der Waals surface area contributed by atoms with Crippen molar-refractivity contribution in [2.24, 2.45) is 0 Å². The number of rotatable bonds is 1. The predicted molar refractivity (Wildman–Crippen MR) is 22.7 cm³/mol. The van der Waals surface area contributed by atoms with Crippen molar-refractivity contribution in [2.45, 2.75) is 0 Å². The summed E-state index contributed by atoms with van der Waals surface area (Å²) in [5.74, 6) is 0. The Bertz CT molecular complexity index is 175. The van der Waals surface area contributed by atoms with Gasteiger partial charge in [0.1, 0.15) is 0 Å². The van der Waals surface area contributed by atoms with E-state index < -0.39 is 19.3 Å². The molecule has 9 heteroatoms. The minimum Gasteiger partial charge on any atom is -1.00 e. The van der Waals surface area contributed by atoms with Gasteiger partial charge in [-0.15, -0.1) is 0 Å². The van der Waals surface area contributed by atoms with E-state index in [4.69, 9.17) is 4.55 Å². The smallest absolute Gasteiger partial charge is 1.00 e. The average Bonchev–Trinajstić information content (AvgIpc) is 1.31.